The molecule has 0 radical (unpaired) electrons. The summed E-state index contributed by atoms with van der Waals surface area (Å²) in [6.45, 7) is 15.5. The highest BCUT2D eigenvalue weighted by molar-refractivity contribution is 5.88. The van der Waals surface area contributed by atoms with E-state index in [1.165, 1.54) is 13.8 Å². The lowest BCUT2D eigenvalue weighted by molar-refractivity contribution is -0.157. The SMILES string of the molecule is C=C(C)C(=O)OCC(O)COC(=O)CCC(=O)OC(COc1ccc2ccccc2c1)COc1c(C)cc(-c2cc(C)c(OCC(COc3ccc4ccccc4c3)OC(=O)CCC(=O)OCC(O)COC(=O)C(=C)C)c(C)c2)cc1C. The van der Waals surface area contributed by atoms with Crippen LogP contribution in [0.4, 0.5) is 0 Å². The molecule has 18 heteroatoms. The fourth-order valence-electron chi connectivity index (χ4n) is 8.27. The van der Waals surface area contributed by atoms with Crippen molar-refractivity contribution < 1.29 is 86.3 Å². The molecule has 0 aliphatic rings. The van der Waals surface area contributed by atoms with Crippen molar-refractivity contribution in [1.82, 2.24) is 0 Å². The molecule has 4 atom stereocenters. The molecule has 6 rings (SSSR count). The number of carbonyl (C=O) groups excluding carboxylic acids is 6. The van der Waals surface area contributed by atoms with Gasteiger partial charge in [0.1, 0.15) is 88.1 Å². The predicted octanol–water partition coefficient (Wildman–Crippen LogP) is 9.24. The zero-order chi connectivity index (χ0) is 59.3. The number of fused-ring (bicyclic) bond motifs is 2. The topological polar surface area (TPSA) is 235 Å². The number of aliphatic hydroxyl groups excluding tert-OH is 2. The summed E-state index contributed by atoms with van der Waals surface area (Å²) in [5, 5.41) is 24.1. The molecule has 434 valence electrons. The minimum atomic E-state index is -1.27. The highest BCUT2D eigenvalue weighted by atomic mass is 16.6. The number of ether oxygens (including phenoxy) is 10. The van der Waals surface area contributed by atoms with Crippen molar-refractivity contribution in [2.75, 3.05) is 52.9 Å². The van der Waals surface area contributed by atoms with E-state index in [1.807, 2.05) is 137 Å². The van der Waals surface area contributed by atoms with Crippen molar-refractivity contribution in [3.63, 3.8) is 0 Å². The summed E-state index contributed by atoms with van der Waals surface area (Å²) in [4.78, 5) is 74.6. The number of esters is 6. The second kappa shape index (κ2) is 30.7. The minimum absolute atomic E-state index is 0.0730. The number of aliphatic hydroxyl groups is 2. The number of benzene rings is 6. The van der Waals surface area contributed by atoms with Gasteiger partial charge in [0.2, 0.25) is 0 Å². The summed E-state index contributed by atoms with van der Waals surface area (Å²) < 4.78 is 56.5. The molecular formula is C64H70O18. The van der Waals surface area contributed by atoms with E-state index in [9.17, 15) is 39.0 Å². The van der Waals surface area contributed by atoms with Crippen LogP contribution in [0.2, 0.25) is 0 Å². The molecule has 18 nitrogen and oxygen atoms in total. The highest BCUT2D eigenvalue weighted by Crippen LogP contribution is 2.35. The van der Waals surface area contributed by atoms with Crippen molar-refractivity contribution >= 4 is 57.4 Å². The molecule has 0 aromatic heterocycles. The Hall–Kier alpha value is -8.74. The van der Waals surface area contributed by atoms with Crippen LogP contribution in [-0.2, 0) is 57.2 Å². The first-order valence-corrected chi connectivity index (χ1v) is 26.6. The van der Waals surface area contributed by atoms with E-state index >= 15 is 0 Å². The van der Waals surface area contributed by atoms with E-state index in [2.05, 4.69) is 13.2 Å². The number of hydrogen-bond acceptors (Lipinski definition) is 18. The summed E-state index contributed by atoms with van der Waals surface area (Å²) in [7, 11) is 0. The van der Waals surface area contributed by atoms with Gasteiger partial charge in [-0.1, -0.05) is 73.8 Å². The number of carbonyl (C=O) groups is 6. The van der Waals surface area contributed by atoms with E-state index < -0.39 is 86.7 Å². The van der Waals surface area contributed by atoms with Gasteiger partial charge in [-0.3, -0.25) is 19.2 Å². The van der Waals surface area contributed by atoms with Crippen molar-refractivity contribution in [3.8, 4) is 34.1 Å². The fraction of sp³-hybridized carbons (Fsp3) is 0.344. The van der Waals surface area contributed by atoms with Gasteiger partial charge in [0.25, 0.3) is 0 Å². The zero-order valence-corrected chi connectivity index (χ0v) is 47.0. The first kappa shape index (κ1) is 62.5. The molecule has 0 aliphatic heterocycles. The largest absolute Gasteiger partial charge is 0.490 e. The molecule has 0 amide bonds. The third kappa shape index (κ3) is 19.8. The van der Waals surface area contributed by atoms with E-state index in [-0.39, 0.29) is 63.3 Å². The molecule has 0 fully saturated rings. The van der Waals surface area contributed by atoms with Crippen LogP contribution in [0.1, 0.15) is 61.8 Å². The maximum absolute atomic E-state index is 13.2. The smallest absolute Gasteiger partial charge is 0.333 e. The Balaban J connectivity index is 1.08. The molecule has 0 saturated heterocycles. The Labute approximate surface area is 476 Å². The second-order valence-corrected chi connectivity index (χ2v) is 19.8. The van der Waals surface area contributed by atoms with Gasteiger partial charge in [0.05, 0.1) is 25.7 Å². The van der Waals surface area contributed by atoms with Crippen LogP contribution in [0.5, 0.6) is 23.0 Å². The van der Waals surface area contributed by atoms with Crippen molar-refractivity contribution in [2.45, 2.75) is 91.6 Å². The summed E-state index contributed by atoms with van der Waals surface area (Å²) in [5.74, 6) is -2.07. The standard InChI is InChI=1S/C64H70O18/c1-39(2)63(71)79-33-51(65)31-75-57(67)21-23-59(69)81-55(35-73-53-19-17-45-13-9-11-15-47(45)29-53)37-77-61-41(5)25-49(26-42(61)6)50-27-43(7)62(44(8)28-50)78-38-56(36-74-54-20-18-46-14-10-12-16-48(46)30-54)82-60(70)24-22-58(68)76-32-52(66)34-80-64(72)40(3)4/h9-20,25-30,51-52,55-56,65-66H,1,3,21-24,31-38H2,2,4-8H3. The van der Waals surface area contributed by atoms with E-state index in [0.717, 1.165) is 54.9 Å². The molecule has 0 aliphatic carbocycles. The van der Waals surface area contributed by atoms with Crippen LogP contribution in [0.25, 0.3) is 32.7 Å². The minimum Gasteiger partial charge on any atom is -0.490 e. The van der Waals surface area contributed by atoms with Gasteiger partial charge in [-0.15, -0.1) is 0 Å². The van der Waals surface area contributed by atoms with Gasteiger partial charge in [0, 0.05) is 11.1 Å². The normalized spacial score (nSPS) is 12.4. The average Bonchev–Trinajstić information content (AvgIpc) is 3.47. The Morgan fingerprint density at radius 1 is 0.402 bits per heavy atom. The van der Waals surface area contributed by atoms with Crippen LogP contribution >= 0.6 is 0 Å². The van der Waals surface area contributed by atoms with Gasteiger partial charge < -0.3 is 57.6 Å². The lowest BCUT2D eigenvalue weighted by Gasteiger charge is -2.22. The molecule has 82 heavy (non-hydrogen) atoms. The monoisotopic (exact) mass is 1130 g/mol. The summed E-state index contributed by atoms with van der Waals surface area (Å²) >= 11 is 0. The van der Waals surface area contributed by atoms with Crippen LogP contribution in [0.3, 0.4) is 0 Å². The average molecular weight is 1130 g/mol. The number of hydrogen-bond donors (Lipinski definition) is 2. The fourth-order valence-corrected chi connectivity index (χ4v) is 8.27. The zero-order valence-electron chi connectivity index (χ0n) is 47.0. The lowest BCUT2D eigenvalue weighted by atomic mass is 9.96. The lowest BCUT2D eigenvalue weighted by Crippen LogP contribution is -2.31. The Bertz CT molecular complexity index is 2990. The van der Waals surface area contributed by atoms with Gasteiger partial charge in [-0.05, 0) is 145 Å². The highest BCUT2D eigenvalue weighted by Gasteiger charge is 2.23. The quantitative estimate of drug-likeness (QED) is 0.0234. The summed E-state index contributed by atoms with van der Waals surface area (Å²) in [6.07, 6.45) is -5.69. The molecule has 6 aromatic carbocycles. The summed E-state index contributed by atoms with van der Waals surface area (Å²) in [5.41, 5.74) is 5.30. The van der Waals surface area contributed by atoms with E-state index in [1.54, 1.807) is 0 Å². The van der Waals surface area contributed by atoms with Crippen LogP contribution in [0, 0.1) is 27.7 Å². The Kier molecular flexibility index (Phi) is 23.4. The van der Waals surface area contributed by atoms with Gasteiger partial charge >= 0.3 is 35.8 Å². The Morgan fingerprint density at radius 2 is 0.720 bits per heavy atom. The molecule has 0 bridgehead atoms. The molecule has 0 spiro atoms. The number of rotatable bonds is 31. The van der Waals surface area contributed by atoms with Gasteiger partial charge in [-0.25, -0.2) is 9.59 Å². The maximum atomic E-state index is 13.2. The maximum Gasteiger partial charge on any atom is 0.333 e. The van der Waals surface area contributed by atoms with Crippen molar-refractivity contribution in [3.05, 3.63) is 156 Å². The van der Waals surface area contributed by atoms with E-state index in [0.29, 0.717) is 23.0 Å². The third-order valence-electron chi connectivity index (χ3n) is 12.4. The molecule has 0 heterocycles. The van der Waals surface area contributed by atoms with Crippen molar-refractivity contribution in [1.29, 1.82) is 0 Å². The third-order valence-corrected chi connectivity index (χ3v) is 12.4. The Morgan fingerprint density at radius 3 is 1.07 bits per heavy atom. The molecular weight excluding hydrogens is 1060 g/mol. The number of aryl methyl sites for hydroxylation is 4. The molecule has 6 aromatic rings. The predicted molar refractivity (Wildman–Crippen MR) is 304 cm³/mol. The van der Waals surface area contributed by atoms with Crippen LogP contribution in [-0.4, -0.2) is 123 Å². The molecule has 0 saturated carbocycles. The van der Waals surface area contributed by atoms with Gasteiger partial charge in [-0.2, -0.15) is 0 Å². The molecule has 2 N–H and O–H groups in total. The van der Waals surface area contributed by atoms with Crippen molar-refractivity contribution in [2.24, 2.45) is 0 Å². The van der Waals surface area contributed by atoms with Gasteiger partial charge in [0.15, 0.2) is 12.2 Å². The molecule has 4 unspecified atom stereocenters. The van der Waals surface area contributed by atoms with Crippen LogP contribution in [0.15, 0.2) is 133 Å². The summed E-state index contributed by atoms with van der Waals surface area (Å²) in [6, 6.07) is 34.8. The van der Waals surface area contributed by atoms with Crippen LogP contribution < -0.4 is 18.9 Å². The first-order chi connectivity index (χ1) is 39.2. The first-order valence-electron chi connectivity index (χ1n) is 26.6. The van der Waals surface area contributed by atoms with E-state index in [4.69, 9.17) is 47.4 Å². The second-order valence-electron chi connectivity index (χ2n) is 19.8.